The van der Waals surface area contributed by atoms with E-state index in [1.807, 2.05) is 0 Å². The highest BCUT2D eigenvalue weighted by molar-refractivity contribution is 5.95. The van der Waals surface area contributed by atoms with E-state index in [1.54, 1.807) is 0 Å². The lowest BCUT2D eigenvalue weighted by molar-refractivity contribution is -0.137. The van der Waals surface area contributed by atoms with Gasteiger partial charge in [0.25, 0.3) is 0 Å². The van der Waals surface area contributed by atoms with Crippen molar-refractivity contribution < 1.29 is 18.0 Å². The number of carbonyl (C=O) groups excluding carboxylic acids is 1. The molecule has 7 heteroatoms. The highest BCUT2D eigenvalue weighted by atomic mass is 19.4. The molecular formula is C12H14F3N3O. The molecule has 3 N–H and O–H groups in total. The van der Waals surface area contributed by atoms with Crippen LogP contribution in [0.15, 0.2) is 24.3 Å². The van der Waals surface area contributed by atoms with Crippen LogP contribution in [0, 0.1) is 0 Å². The standard InChI is InChI=1S/C12H14F3N3O/c13-12(14,15)8-1-3-9(4-2-8)18-11(19)10-7-16-5-6-17-10/h1-4,10,16-17H,5-7H2,(H,18,19). The third kappa shape index (κ3) is 3.68. The topological polar surface area (TPSA) is 53.2 Å². The molecule has 0 bridgehead atoms. The van der Waals surface area contributed by atoms with Crippen LogP contribution in [0.5, 0.6) is 0 Å². The lowest BCUT2D eigenvalue weighted by Gasteiger charge is -2.23. The van der Waals surface area contributed by atoms with E-state index in [9.17, 15) is 18.0 Å². The minimum absolute atomic E-state index is 0.257. The van der Waals surface area contributed by atoms with E-state index in [-0.39, 0.29) is 11.9 Å². The fourth-order valence-corrected chi connectivity index (χ4v) is 1.81. The summed E-state index contributed by atoms with van der Waals surface area (Å²) >= 11 is 0. The van der Waals surface area contributed by atoms with E-state index in [1.165, 1.54) is 12.1 Å². The zero-order chi connectivity index (χ0) is 13.9. The van der Waals surface area contributed by atoms with Crippen LogP contribution in [-0.4, -0.2) is 31.6 Å². The van der Waals surface area contributed by atoms with Crippen LogP contribution in [-0.2, 0) is 11.0 Å². The smallest absolute Gasteiger partial charge is 0.325 e. The van der Waals surface area contributed by atoms with Gasteiger partial charge in [-0.2, -0.15) is 13.2 Å². The molecule has 1 aromatic rings. The van der Waals surface area contributed by atoms with Gasteiger partial charge in [0.2, 0.25) is 5.91 Å². The monoisotopic (exact) mass is 273 g/mol. The maximum absolute atomic E-state index is 12.4. The Morgan fingerprint density at radius 2 is 1.89 bits per heavy atom. The van der Waals surface area contributed by atoms with Gasteiger partial charge in [-0.25, -0.2) is 0 Å². The molecule has 0 saturated carbocycles. The van der Waals surface area contributed by atoms with Crippen molar-refractivity contribution in [1.29, 1.82) is 0 Å². The van der Waals surface area contributed by atoms with Crippen molar-refractivity contribution in [3.63, 3.8) is 0 Å². The average molecular weight is 273 g/mol. The predicted octanol–water partition coefficient (Wildman–Crippen LogP) is 1.21. The maximum atomic E-state index is 12.4. The van der Waals surface area contributed by atoms with Crippen molar-refractivity contribution in [3.05, 3.63) is 29.8 Å². The van der Waals surface area contributed by atoms with Gasteiger partial charge in [-0.3, -0.25) is 4.79 Å². The Bertz CT molecular complexity index is 439. The lowest BCUT2D eigenvalue weighted by Crippen LogP contribution is -2.54. The second-order valence-corrected chi connectivity index (χ2v) is 4.28. The van der Waals surface area contributed by atoms with Crippen molar-refractivity contribution >= 4 is 11.6 Å². The quantitative estimate of drug-likeness (QED) is 0.759. The summed E-state index contributed by atoms with van der Waals surface area (Å²) < 4.78 is 37.1. The molecule has 0 radical (unpaired) electrons. The van der Waals surface area contributed by atoms with E-state index < -0.39 is 11.7 Å². The van der Waals surface area contributed by atoms with Crippen LogP contribution >= 0.6 is 0 Å². The molecule has 4 nitrogen and oxygen atoms in total. The van der Waals surface area contributed by atoms with Crippen LogP contribution in [0.1, 0.15) is 5.56 Å². The molecule has 1 atom stereocenters. The van der Waals surface area contributed by atoms with Crippen LogP contribution in [0.25, 0.3) is 0 Å². The molecule has 0 aromatic heterocycles. The van der Waals surface area contributed by atoms with Crippen molar-refractivity contribution in [1.82, 2.24) is 10.6 Å². The highest BCUT2D eigenvalue weighted by Gasteiger charge is 2.30. The molecule has 1 aliphatic heterocycles. The molecule has 1 heterocycles. The lowest BCUT2D eigenvalue weighted by atomic mass is 10.2. The Balaban J connectivity index is 1.97. The van der Waals surface area contributed by atoms with Gasteiger partial charge in [0.1, 0.15) is 0 Å². The zero-order valence-electron chi connectivity index (χ0n) is 10.1. The fourth-order valence-electron chi connectivity index (χ4n) is 1.81. The molecule has 0 spiro atoms. The average Bonchev–Trinajstić information content (AvgIpc) is 2.39. The Morgan fingerprint density at radius 1 is 1.21 bits per heavy atom. The second kappa shape index (κ2) is 5.58. The molecule has 1 amide bonds. The van der Waals surface area contributed by atoms with Crippen molar-refractivity contribution in [2.24, 2.45) is 0 Å². The summed E-state index contributed by atoms with van der Waals surface area (Å²) in [4.78, 5) is 11.8. The minimum atomic E-state index is -4.36. The maximum Gasteiger partial charge on any atom is 0.416 e. The van der Waals surface area contributed by atoms with E-state index >= 15 is 0 Å². The number of rotatable bonds is 2. The number of benzene rings is 1. The van der Waals surface area contributed by atoms with Gasteiger partial charge in [-0.15, -0.1) is 0 Å². The molecule has 1 aromatic carbocycles. The normalized spacial score (nSPS) is 20.1. The molecule has 2 rings (SSSR count). The third-order valence-corrected chi connectivity index (χ3v) is 2.84. The van der Waals surface area contributed by atoms with Gasteiger partial charge in [-0.05, 0) is 24.3 Å². The first kappa shape index (κ1) is 13.8. The second-order valence-electron chi connectivity index (χ2n) is 4.28. The molecule has 1 unspecified atom stereocenters. The Morgan fingerprint density at radius 3 is 2.42 bits per heavy atom. The Hall–Kier alpha value is -1.60. The number of halogens is 3. The van der Waals surface area contributed by atoms with Gasteiger partial charge in [0, 0.05) is 25.3 Å². The number of anilines is 1. The number of hydrogen-bond acceptors (Lipinski definition) is 3. The summed E-state index contributed by atoms with van der Waals surface area (Å²) in [5.41, 5.74) is -0.381. The number of amides is 1. The predicted molar refractivity (Wildman–Crippen MR) is 64.7 cm³/mol. The summed E-state index contributed by atoms with van der Waals surface area (Å²) in [5.74, 6) is -0.257. The summed E-state index contributed by atoms with van der Waals surface area (Å²) in [6.45, 7) is 1.99. The number of hydrogen-bond donors (Lipinski definition) is 3. The number of carbonyl (C=O) groups is 1. The van der Waals surface area contributed by atoms with Crippen LogP contribution in [0.3, 0.4) is 0 Å². The van der Waals surface area contributed by atoms with Gasteiger partial charge in [-0.1, -0.05) is 0 Å². The summed E-state index contributed by atoms with van der Waals surface area (Å²) in [7, 11) is 0. The van der Waals surface area contributed by atoms with Crippen molar-refractivity contribution in [3.8, 4) is 0 Å². The third-order valence-electron chi connectivity index (χ3n) is 2.84. The highest BCUT2D eigenvalue weighted by Crippen LogP contribution is 2.29. The van der Waals surface area contributed by atoms with Gasteiger partial charge < -0.3 is 16.0 Å². The first-order valence-corrected chi connectivity index (χ1v) is 5.89. The Labute approximate surface area is 108 Å². The van der Waals surface area contributed by atoms with Crippen molar-refractivity contribution in [2.75, 3.05) is 25.0 Å². The zero-order valence-corrected chi connectivity index (χ0v) is 10.1. The first-order chi connectivity index (χ1) is 8.97. The Kier molecular flexibility index (Phi) is 4.06. The number of piperazine rings is 1. The van der Waals surface area contributed by atoms with Crippen molar-refractivity contribution in [2.45, 2.75) is 12.2 Å². The van der Waals surface area contributed by atoms with Gasteiger partial charge in [0.05, 0.1) is 11.6 Å². The largest absolute Gasteiger partial charge is 0.416 e. The van der Waals surface area contributed by atoms with E-state index in [0.29, 0.717) is 18.8 Å². The van der Waals surface area contributed by atoms with Gasteiger partial charge >= 0.3 is 6.18 Å². The first-order valence-electron chi connectivity index (χ1n) is 5.89. The van der Waals surface area contributed by atoms with E-state index in [4.69, 9.17) is 0 Å². The fraction of sp³-hybridized carbons (Fsp3) is 0.417. The van der Waals surface area contributed by atoms with Crippen LogP contribution in [0.4, 0.5) is 18.9 Å². The van der Waals surface area contributed by atoms with Crippen LogP contribution in [0.2, 0.25) is 0 Å². The molecule has 104 valence electrons. The summed E-state index contributed by atoms with van der Waals surface area (Å²) in [5, 5.41) is 8.66. The van der Waals surface area contributed by atoms with E-state index in [2.05, 4.69) is 16.0 Å². The van der Waals surface area contributed by atoms with Crippen LogP contribution < -0.4 is 16.0 Å². The molecule has 19 heavy (non-hydrogen) atoms. The molecule has 1 fully saturated rings. The number of alkyl halides is 3. The molecule has 1 aliphatic rings. The minimum Gasteiger partial charge on any atom is -0.325 e. The molecule has 1 saturated heterocycles. The summed E-state index contributed by atoms with van der Waals surface area (Å²) in [6, 6.07) is 4.02. The molecule has 0 aliphatic carbocycles. The van der Waals surface area contributed by atoms with E-state index in [0.717, 1.165) is 18.7 Å². The SMILES string of the molecule is O=C(Nc1ccc(C(F)(F)F)cc1)C1CNCCN1. The molecular weight excluding hydrogens is 259 g/mol. The summed E-state index contributed by atoms with van der Waals surface area (Å²) in [6.07, 6.45) is -4.36. The van der Waals surface area contributed by atoms with Gasteiger partial charge in [0.15, 0.2) is 0 Å². The number of nitrogens with one attached hydrogen (secondary N) is 3.